The van der Waals surface area contributed by atoms with Crippen molar-refractivity contribution in [3.05, 3.63) is 46.1 Å². The lowest BCUT2D eigenvalue weighted by Crippen LogP contribution is -2.44. The number of halogens is 2. The molecule has 0 amide bonds. The zero-order chi connectivity index (χ0) is 24.8. The number of nitriles is 1. The lowest BCUT2D eigenvalue weighted by atomic mass is 10.1. The molecule has 4 rings (SSSR count). The lowest BCUT2D eigenvalue weighted by Gasteiger charge is -2.27. The van der Waals surface area contributed by atoms with Gasteiger partial charge in [0.15, 0.2) is 0 Å². The summed E-state index contributed by atoms with van der Waals surface area (Å²) in [5.74, 6) is 1.14. The fourth-order valence-electron chi connectivity index (χ4n) is 4.12. The summed E-state index contributed by atoms with van der Waals surface area (Å²) in [6.45, 7) is 6.13. The molecule has 2 aromatic carbocycles. The van der Waals surface area contributed by atoms with Crippen molar-refractivity contribution in [1.29, 1.82) is 5.26 Å². The molecule has 0 unspecified atom stereocenters. The van der Waals surface area contributed by atoms with E-state index in [1.165, 1.54) is 7.11 Å². The topological polar surface area (TPSA) is 94.5 Å². The highest BCUT2D eigenvalue weighted by Crippen LogP contribution is 2.39. The summed E-state index contributed by atoms with van der Waals surface area (Å²) in [5.41, 5.74) is 3.09. The molecule has 1 fully saturated rings. The Labute approximate surface area is 215 Å². The van der Waals surface area contributed by atoms with Gasteiger partial charge in [0, 0.05) is 50.4 Å². The number of methoxy groups -OCH3 is 2. The molecule has 0 saturated carbocycles. The molecule has 0 radical (unpaired) electrons. The zero-order valence-corrected chi connectivity index (χ0v) is 21.3. The van der Waals surface area contributed by atoms with Crippen molar-refractivity contribution in [2.24, 2.45) is 0 Å². The Kier molecular flexibility index (Phi) is 8.37. The molecule has 35 heavy (non-hydrogen) atoms. The first kappa shape index (κ1) is 25.1. The van der Waals surface area contributed by atoms with E-state index in [1.807, 2.05) is 12.1 Å². The molecule has 184 valence electrons. The number of fused-ring (bicyclic) bond motifs is 1. The van der Waals surface area contributed by atoms with E-state index < -0.39 is 0 Å². The second kappa shape index (κ2) is 11.6. The van der Waals surface area contributed by atoms with Crippen LogP contribution in [0.25, 0.3) is 10.9 Å². The molecule has 1 aliphatic rings. The third-order valence-corrected chi connectivity index (χ3v) is 6.60. The minimum Gasteiger partial charge on any atom is -0.495 e. The Balaban J connectivity index is 1.60. The highest BCUT2D eigenvalue weighted by atomic mass is 35.5. The normalized spacial score (nSPS) is 13.9. The van der Waals surface area contributed by atoms with Crippen LogP contribution in [0.3, 0.4) is 0 Å². The molecule has 0 atom stereocenters. The Morgan fingerprint density at radius 2 is 1.83 bits per heavy atom. The molecule has 0 spiro atoms. The summed E-state index contributed by atoms with van der Waals surface area (Å²) >= 11 is 12.6. The summed E-state index contributed by atoms with van der Waals surface area (Å²) < 4.78 is 11.0. The van der Waals surface area contributed by atoms with Gasteiger partial charge in [-0.05, 0) is 31.2 Å². The number of nitrogens with zero attached hydrogens (tertiary/aromatic N) is 3. The van der Waals surface area contributed by atoms with Crippen LogP contribution in [0.1, 0.15) is 12.0 Å². The van der Waals surface area contributed by atoms with Crippen molar-refractivity contribution in [1.82, 2.24) is 15.2 Å². The summed E-state index contributed by atoms with van der Waals surface area (Å²) in [6, 6.07) is 9.32. The van der Waals surface area contributed by atoms with Gasteiger partial charge in [-0.3, -0.25) is 4.98 Å². The summed E-state index contributed by atoms with van der Waals surface area (Å²) in [5, 5.41) is 21.4. The average Bonchev–Trinajstić information content (AvgIpc) is 2.88. The Morgan fingerprint density at radius 3 is 2.54 bits per heavy atom. The van der Waals surface area contributed by atoms with Crippen LogP contribution in [-0.4, -0.2) is 63.4 Å². The van der Waals surface area contributed by atoms with Gasteiger partial charge in [-0.15, -0.1) is 0 Å². The van der Waals surface area contributed by atoms with Gasteiger partial charge < -0.3 is 30.3 Å². The van der Waals surface area contributed by atoms with Crippen LogP contribution in [-0.2, 0) is 0 Å². The molecule has 10 heteroatoms. The number of anilines is 3. The van der Waals surface area contributed by atoms with Crippen LogP contribution in [0.15, 0.2) is 30.5 Å². The molecule has 0 bridgehead atoms. The van der Waals surface area contributed by atoms with E-state index in [2.05, 4.69) is 31.9 Å². The number of ether oxygens (including phenoxy) is 2. The van der Waals surface area contributed by atoms with Gasteiger partial charge in [0.2, 0.25) is 0 Å². The van der Waals surface area contributed by atoms with Crippen LogP contribution < -0.4 is 25.4 Å². The Morgan fingerprint density at radius 1 is 1.06 bits per heavy atom. The smallest absolute Gasteiger partial charge is 0.142 e. The molecule has 3 aromatic rings. The van der Waals surface area contributed by atoms with E-state index in [9.17, 15) is 5.26 Å². The fraction of sp³-hybridized carbons (Fsp3) is 0.360. The highest BCUT2D eigenvalue weighted by Gasteiger charge is 2.16. The van der Waals surface area contributed by atoms with Crippen molar-refractivity contribution in [2.75, 3.05) is 64.1 Å². The second-order valence-corrected chi connectivity index (χ2v) is 9.01. The maximum Gasteiger partial charge on any atom is 0.142 e. The molecule has 1 saturated heterocycles. The third-order valence-electron chi connectivity index (χ3n) is 5.99. The number of hydrogen-bond donors (Lipinski definition) is 3. The zero-order valence-electron chi connectivity index (χ0n) is 19.8. The predicted octanol–water partition coefficient (Wildman–Crippen LogP) is 4.88. The van der Waals surface area contributed by atoms with Gasteiger partial charge in [-0.2, -0.15) is 5.26 Å². The van der Waals surface area contributed by atoms with Crippen LogP contribution in [0.2, 0.25) is 10.0 Å². The molecule has 1 aromatic heterocycles. The van der Waals surface area contributed by atoms with E-state index in [4.69, 9.17) is 32.7 Å². The quantitative estimate of drug-likeness (QED) is 0.347. The number of hydrogen-bond acceptors (Lipinski definition) is 8. The van der Waals surface area contributed by atoms with Gasteiger partial charge in [0.05, 0.1) is 52.4 Å². The van der Waals surface area contributed by atoms with Gasteiger partial charge >= 0.3 is 0 Å². The van der Waals surface area contributed by atoms with E-state index in [0.29, 0.717) is 44.0 Å². The van der Waals surface area contributed by atoms with Crippen LogP contribution >= 0.6 is 23.2 Å². The molecule has 0 aliphatic carbocycles. The SMILES string of the molecule is COc1cc(Nc2c(C#N)cnc3cc(NCCCN4CCNCC4)c(OC)cc23)c(Cl)cc1Cl. The largest absolute Gasteiger partial charge is 0.495 e. The van der Waals surface area contributed by atoms with E-state index in [1.54, 1.807) is 25.4 Å². The molecular formula is C25H28Cl2N6O2. The maximum atomic E-state index is 9.74. The molecule has 1 aliphatic heterocycles. The van der Waals surface area contributed by atoms with Gasteiger partial charge in [0.25, 0.3) is 0 Å². The highest BCUT2D eigenvalue weighted by molar-refractivity contribution is 6.37. The molecule has 2 heterocycles. The first-order valence-corrected chi connectivity index (χ1v) is 12.2. The number of aromatic nitrogens is 1. The number of nitrogens with one attached hydrogen (secondary N) is 3. The minimum absolute atomic E-state index is 0.376. The number of rotatable bonds is 9. The monoisotopic (exact) mass is 514 g/mol. The van der Waals surface area contributed by atoms with E-state index in [0.717, 1.165) is 56.8 Å². The van der Waals surface area contributed by atoms with E-state index >= 15 is 0 Å². The third kappa shape index (κ3) is 5.82. The number of piperazine rings is 1. The van der Waals surface area contributed by atoms with Crippen LogP contribution in [0.5, 0.6) is 11.5 Å². The van der Waals surface area contributed by atoms with Crippen molar-refractivity contribution < 1.29 is 9.47 Å². The first-order chi connectivity index (χ1) is 17.0. The molecule has 8 nitrogen and oxygen atoms in total. The van der Waals surface area contributed by atoms with Crippen molar-refractivity contribution in [3.8, 4) is 17.6 Å². The maximum absolute atomic E-state index is 9.74. The summed E-state index contributed by atoms with van der Waals surface area (Å²) in [7, 11) is 3.16. The lowest BCUT2D eigenvalue weighted by molar-refractivity contribution is 0.240. The van der Waals surface area contributed by atoms with Crippen molar-refractivity contribution in [3.63, 3.8) is 0 Å². The summed E-state index contributed by atoms with van der Waals surface area (Å²) in [4.78, 5) is 6.98. The van der Waals surface area contributed by atoms with Crippen molar-refractivity contribution >= 4 is 51.2 Å². The standard InChI is InChI=1S/C25H28Cl2N6O2/c1-34-23-13-21(18(26)11-19(23)27)32-25-16(14-28)15-31-20-12-22(24(35-2)10-17(20)25)30-4-3-7-33-8-5-29-6-9-33/h10-13,15,29-30H,3-9H2,1-2H3,(H,31,32). The van der Waals surface area contributed by atoms with Crippen LogP contribution in [0, 0.1) is 11.3 Å². The van der Waals surface area contributed by atoms with Crippen LogP contribution in [0.4, 0.5) is 17.1 Å². The van der Waals surface area contributed by atoms with Gasteiger partial charge in [0.1, 0.15) is 17.6 Å². The second-order valence-electron chi connectivity index (χ2n) is 8.19. The number of pyridine rings is 1. The predicted molar refractivity (Wildman–Crippen MR) is 142 cm³/mol. The Bertz CT molecular complexity index is 1240. The molecular weight excluding hydrogens is 487 g/mol. The first-order valence-electron chi connectivity index (χ1n) is 11.4. The average molecular weight is 515 g/mol. The Hall–Kier alpha value is -2.96. The van der Waals surface area contributed by atoms with Crippen molar-refractivity contribution in [2.45, 2.75) is 6.42 Å². The summed E-state index contributed by atoms with van der Waals surface area (Å²) in [6.07, 6.45) is 2.57. The van der Waals surface area contributed by atoms with Gasteiger partial charge in [-0.25, -0.2) is 0 Å². The van der Waals surface area contributed by atoms with E-state index in [-0.39, 0.29) is 0 Å². The van der Waals surface area contributed by atoms with Gasteiger partial charge in [-0.1, -0.05) is 23.2 Å². The minimum atomic E-state index is 0.376. The fourth-order valence-corrected chi connectivity index (χ4v) is 4.63. The molecule has 3 N–H and O–H groups in total. The number of benzene rings is 2.